The van der Waals surface area contributed by atoms with Crippen molar-refractivity contribution in [3.05, 3.63) is 85.6 Å². The fourth-order valence-corrected chi connectivity index (χ4v) is 4.79. The Labute approximate surface area is 193 Å². The van der Waals surface area contributed by atoms with Gasteiger partial charge in [0.1, 0.15) is 0 Å². The lowest BCUT2D eigenvalue weighted by Crippen LogP contribution is -2.14. The molecule has 0 saturated heterocycles. The van der Waals surface area contributed by atoms with E-state index in [1.54, 1.807) is 4.68 Å². The normalized spacial score (nSPS) is 11.0. The fraction of sp³-hybridized carbons (Fsp3) is 0.217. The molecule has 0 aliphatic carbocycles. The van der Waals surface area contributed by atoms with Gasteiger partial charge in [-0.3, -0.25) is 10.1 Å². The Balaban J connectivity index is 1.54. The number of anilines is 1. The quantitative estimate of drug-likeness (QED) is 0.393. The molecule has 2 heterocycles. The molecule has 0 unspecified atom stereocenters. The predicted octanol–water partition coefficient (Wildman–Crippen LogP) is 5.56. The number of nitrogens with zero attached hydrogens (tertiary/aromatic N) is 4. The van der Waals surface area contributed by atoms with Gasteiger partial charge in [-0.1, -0.05) is 45.4 Å². The second-order valence-electron chi connectivity index (χ2n) is 7.51. The van der Waals surface area contributed by atoms with Gasteiger partial charge in [-0.15, -0.1) is 16.4 Å². The van der Waals surface area contributed by atoms with Gasteiger partial charge in [0.2, 0.25) is 0 Å². The maximum Gasteiger partial charge on any atom is 0.279 e. The van der Waals surface area contributed by atoms with E-state index < -0.39 is 0 Å². The van der Waals surface area contributed by atoms with E-state index in [1.807, 2.05) is 52.0 Å². The van der Waals surface area contributed by atoms with Crippen LogP contribution in [0.1, 0.15) is 43.4 Å². The molecular weight excluding hydrogens is 474 g/mol. The van der Waals surface area contributed by atoms with Crippen molar-refractivity contribution in [2.75, 3.05) is 5.32 Å². The Morgan fingerprint density at radius 1 is 1.13 bits per heavy atom. The summed E-state index contributed by atoms with van der Waals surface area (Å²) >= 11 is 4.99. The average Bonchev–Trinajstić information content (AvgIpc) is 3.26. The average molecular weight is 496 g/mol. The number of aryl methyl sites for hydroxylation is 3. The van der Waals surface area contributed by atoms with Crippen molar-refractivity contribution in [3.63, 3.8) is 0 Å². The van der Waals surface area contributed by atoms with Crippen LogP contribution in [0.5, 0.6) is 0 Å². The molecular formula is C23H22BrN5OS. The minimum absolute atomic E-state index is 0.294. The first-order chi connectivity index (χ1) is 14.8. The molecule has 2 aromatic carbocycles. The number of halogens is 1. The van der Waals surface area contributed by atoms with Crippen LogP contribution in [0.25, 0.3) is 5.69 Å². The molecule has 158 valence electrons. The Hall–Kier alpha value is -2.84. The monoisotopic (exact) mass is 495 g/mol. The summed E-state index contributed by atoms with van der Waals surface area (Å²) in [6.45, 7) is 7.85. The molecule has 0 radical (unpaired) electrons. The highest BCUT2D eigenvalue weighted by Gasteiger charge is 2.20. The Bertz CT molecular complexity index is 1280. The van der Waals surface area contributed by atoms with Crippen LogP contribution in [0.2, 0.25) is 0 Å². The number of amides is 1. The van der Waals surface area contributed by atoms with Gasteiger partial charge < -0.3 is 0 Å². The van der Waals surface area contributed by atoms with E-state index in [1.165, 1.54) is 16.9 Å². The van der Waals surface area contributed by atoms with Gasteiger partial charge in [-0.2, -0.15) is 0 Å². The number of hydrogen-bond donors (Lipinski definition) is 1. The summed E-state index contributed by atoms with van der Waals surface area (Å²) in [4.78, 5) is 18.5. The summed E-state index contributed by atoms with van der Waals surface area (Å²) in [5, 5.41) is 11.8. The lowest BCUT2D eigenvalue weighted by molar-refractivity contribution is 0.102. The maximum absolute atomic E-state index is 12.9. The Morgan fingerprint density at radius 2 is 1.94 bits per heavy atom. The van der Waals surface area contributed by atoms with E-state index in [9.17, 15) is 4.79 Å². The molecule has 0 aliphatic rings. The number of rotatable bonds is 5. The van der Waals surface area contributed by atoms with E-state index in [-0.39, 0.29) is 5.91 Å². The molecule has 4 aromatic rings. The van der Waals surface area contributed by atoms with Crippen LogP contribution in [0, 0.1) is 27.7 Å². The van der Waals surface area contributed by atoms with Crippen molar-refractivity contribution in [3.8, 4) is 5.69 Å². The number of carbonyl (C=O) groups is 1. The number of thiazole rings is 1. The van der Waals surface area contributed by atoms with E-state index in [2.05, 4.69) is 54.7 Å². The van der Waals surface area contributed by atoms with Crippen molar-refractivity contribution in [2.24, 2.45) is 0 Å². The number of aromatic nitrogens is 4. The highest BCUT2D eigenvalue weighted by atomic mass is 79.9. The van der Waals surface area contributed by atoms with Crippen molar-refractivity contribution >= 4 is 38.3 Å². The molecule has 8 heteroatoms. The molecule has 31 heavy (non-hydrogen) atoms. The smallest absolute Gasteiger partial charge is 0.279 e. The number of carbonyl (C=O) groups excluding carboxylic acids is 1. The number of nitrogens with one attached hydrogen (secondary N) is 1. The van der Waals surface area contributed by atoms with Crippen molar-refractivity contribution < 1.29 is 4.79 Å². The summed E-state index contributed by atoms with van der Waals surface area (Å²) in [5.41, 5.74) is 6.19. The standard InChI is InChI=1S/C23H22BrN5OS/c1-13-8-9-14(2)19(10-13)29-16(4)21(27-28-29)22(30)26-23-25-15(3)20(31-23)12-17-6-5-7-18(24)11-17/h5-11H,12H2,1-4H3,(H,25,26,30). The third-order valence-electron chi connectivity index (χ3n) is 5.07. The Morgan fingerprint density at radius 3 is 2.71 bits per heavy atom. The summed E-state index contributed by atoms with van der Waals surface area (Å²) in [6.07, 6.45) is 0.765. The summed E-state index contributed by atoms with van der Waals surface area (Å²) in [5.74, 6) is -0.309. The van der Waals surface area contributed by atoms with Crippen LogP contribution in [-0.4, -0.2) is 25.9 Å². The zero-order valence-corrected chi connectivity index (χ0v) is 20.1. The zero-order valence-electron chi connectivity index (χ0n) is 17.7. The van der Waals surface area contributed by atoms with Gasteiger partial charge in [0, 0.05) is 15.8 Å². The van der Waals surface area contributed by atoms with Gasteiger partial charge in [0.25, 0.3) is 5.91 Å². The topological polar surface area (TPSA) is 72.7 Å². The Kier molecular flexibility index (Phi) is 6.02. The molecule has 0 atom stereocenters. The van der Waals surface area contributed by atoms with E-state index in [0.29, 0.717) is 16.5 Å². The fourth-order valence-electron chi connectivity index (χ4n) is 3.35. The highest BCUT2D eigenvalue weighted by Crippen LogP contribution is 2.27. The molecule has 4 rings (SSSR count). The lowest BCUT2D eigenvalue weighted by Gasteiger charge is -2.08. The third kappa shape index (κ3) is 4.60. The van der Waals surface area contributed by atoms with Gasteiger partial charge in [0.05, 0.1) is 17.1 Å². The molecule has 0 saturated carbocycles. The van der Waals surface area contributed by atoms with Gasteiger partial charge in [0.15, 0.2) is 10.8 Å². The van der Waals surface area contributed by atoms with Crippen molar-refractivity contribution in [2.45, 2.75) is 34.1 Å². The SMILES string of the molecule is Cc1ccc(C)c(-n2nnc(C(=O)Nc3nc(C)c(Cc4cccc(Br)c4)s3)c2C)c1. The second-order valence-corrected chi connectivity index (χ2v) is 9.51. The summed E-state index contributed by atoms with van der Waals surface area (Å²) in [6, 6.07) is 14.3. The zero-order chi connectivity index (χ0) is 22.1. The third-order valence-corrected chi connectivity index (χ3v) is 6.64. The minimum Gasteiger partial charge on any atom is -0.296 e. The molecule has 0 fully saturated rings. The minimum atomic E-state index is -0.309. The van der Waals surface area contributed by atoms with Crippen LogP contribution in [-0.2, 0) is 6.42 Å². The van der Waals surface area contributed by atoms with Crippen LogP contribution in [0.3, 0.4) is 0 Å². The molecule has 1 amide bonds. The highest BCUT2D eigenvalue weighted by molar-refractivity contribution is 9.10. The van der Waals surface area contributed by atoms with Crippen LogP contribution in [0.4, 0.5) is 5.13 Å². The molecule has 0 bridgehead atoms. The predicted molar refractivity (Wildman–Crippen MR) is 127 cm³/mol. The van der Waals surface area contributed by atoms with Crippen LogP contribution >= 0.6 is 27.3 Å². The van der Waals surface area contributed by atoms with E-state index in [4.69, 9.17) is 0 Å². The van der Waals surface area contributed by atoms with Crippen LogP contribution in [0.15, 0.2) is 46.9 Å². The number of hydrogen-bond acceptors (Lipinski definition) is 5. The molecule has 0 spiro atoms. The van der Waals surface area contributed by atoms with E-state index >= 15 is 0 Å². The summed E-state index contributed by atoms with van der Waals surface area (Å²) in [7, 11) is 0. The largest absolute Gasteiger partial charge is 0.296 e. The first-order valence-electron chi connectivity index (χ1n) is 9.84. The lowest BCUT2D eigenvalue weighted by atomic mass is 10.1. The molecule has 0 aliphatic heterocycles. The molecule has 1 N–H and O–H groups in total. The van der Waals surface area contributed by atoms with Crippen molar-refractivity contribution in [1.29, 1.82) is 0 Å². The van der Waals surface area contributed by atoms with Crippen molar-refractivity contribution in [1.82, 2.24) is 20.0 Å². The summed E-state index contributed by atoms with van der Waals surface area (Å²) < 4.78 is 2.76. The first kappa shape index (κ1) is 21.4. The molecule has 6 nitrogen and oxygen atoms in total. The van der Waals surface area contributed by atoms with Gasteiger partial charge in [-0.25, -0.2) is 9.67 Å². The van der Waals surface area contributed by atoms with Crippen LogP contribution < -0.4 is 5.32 Å². The number of benzene rings is 2. The van der Waals surface area contributed by atoms with Gasteiger partial charge >= 0.3 is 0 Å². The second kappa shape index (κ2) is 8.72. The first-order valence-corrected chi connectivity index (χ1v) is 11.4. The maximum atomic E-state index is 12.9. The van der Waals surface area contributed by atoms with Gasteiger partial charge in [-0.05, 0) is 62.6 Å². The van der Waals surface area contributed by atoms with E-state index in [0.717, 1.165) is 38.3 Å². The molecule has 2 aromatic heterocycles.